The molecule has 0 radical (unpaired) electrons. The SMILES string of the molecule is CC(C)NCCCC(=O)Cc1cc(Cl)ccc1F. The molecule has 0 atom stereocenters. The number of Topliss-reactive ketones (excluding diaryl/α,β-unsaturated/α-hetero) is 1. The first kappa shape index (κ1) is 15.1. The van der Waals surface area contributed by atoms with Crippen molar-refractivity contribution in [2.75, 3.05) is 6.54 Å². The minimum Gasteiger partial charge on any atom is -0.315 e. The molecule has 0 unspecified atom stereocenters. The molecule has 1 N–H and O–H groups in total. The number of halogens is 2. The van der Waals surface area contributed by atoms with Crippen molar-refractivity contribution in [2.45, 2.75) is 39.2 Å². The second-order valence-electron chi connectivity index (χ2n) is 4.66. The molecule has 0 heterocycles. The van der Waals surface area contributed by atoms with Crippen LogP contribution in [0.5, 0.6) is 0 Å². The quantitative estimate of drug-likeness (QED) is 0.771. The number of nitrogens with one attached hydrogen (secondary N) is 1. The summed E-state index contributed by atoms with van der Waals surface area (Å²) < 4.78 is 13.4. The van der Waals surface area contributed by atoms with Crippen LogP contribution < -0.4 is 5.32 Å². The van der Waals surface area contributed by atoms with Crippen molar-refractivity contribution >= 4 is 17.4 Å². The van der Waals surface area contributed by atoms with Gasteiger partial charge in [-0.15, -0.1) is 0 Å². The van der Waals surface area contributed by atoms with E-state index in [1.54, 1.807) is 0 Å². The van der Waals surface area contributed by atoms with Crippen LogP contribution in [0.4, 0.5) is 4.39 Å². The molecule has 0 aliphatic carbocycles. The molecule has 0 amide bonds. The minimum atomic E-state index is -0.368. The van der Waals surface area contributed by atoms with E-state index >= 15 is 0 Å². The Balaban J connectivity index is 2.38. The van der Waals surface area contributed by atoms with E-state index in [9.17, 15) is 9.18 Å². The Morgan fingerprint density at radius 1 is 1.44 bits per heavy atom. The van der Waals surface area contributed by atoms with Gasteiger partial charge in [0.1, 0.15) is 11.6 Å². The summed E-state index contributed by atoms with van der Waals surface area (Å²) >= 11 is 5.77. The number of hydrogen-bond acceptors (Lipinski definition) is 2. The molecular weight excluding hydrogens is 253 g/mol. The van der Waals surface area contributed by atoms with Crippen LogP contribution in [0.3, 0.4) is 0 Å². The summed E-state index contributed by atoms with van der Waals surface area (Å²) in [4.78, 5) is 11.7. The maximum Gasteiger partial charge on any atom is 0.137 e. The molecule has 0 spiro atoms. The highest BCUT2D eigenvalue weighted by Crippen LogP contribution is 2.16. The van der Waals surface area contributed by atoms with E-state index in [1.807, 2.05) is 0 Å². The standard InChI is InChI=1S/C14H19ClFNO/c1-10(2)17-7-3-4-13(18)9-11-8-12(15)5-6-14(11)16/h5-6,8,10,17H,3-4,7,9H2,1-2H3. The van der Waals surface area contributed by atoms with Crippen LogP contribution in [-0.4, -0.2) is 18.4 Å². The Morgan fingerprint density at radius 2 is 2.17 bits per heavy atom. The fraction of sp³-hybridized carbons (Fsp3) is 0.500. The summed E-state index contributed by atoms with van der Waals surface area (Å²) in [5.41, 5.74) is 0.379. The summed E-state index contributed by atoms with van der Waals surface area (Å²) in [6.45, 7) is 4.92. The fourth-order valence-electron chi connectivity index (χ4n) is 1.66. The molecule has 4 heteroatoms. The molecule has 0 saturated heterocycles. The van der Waals surface area contributed by atoms with Crippen molar-refractivity contribution in [1.29, 1.82) is 0 Å². The highest BCUT2D eigenvalue weighted by atomic mass is 35.5. The molecule has 1 aromatic carbocycles. The average Bonchev–Trinajstić information content (AvgIpc) is 2.29. The van der Waals surface area contributed by atoms with E-state index in [-0.39, 0.29) is 18.0 Å². The summed E-state index contributed by atoms with van der Waals surface area (Å²) in [5.74, 6) is -0.324. The zero-order valence-corrected chi connectivity index (χ0v) is 11.6. The van der Waals surface area contributed by atoms with Crippen molar-refractivity contribution in [3.8, 4) is 0 Å². The van der Waals surface area contributed by atoms with Crippen molar-refractivity contribution in [2.24, 2.45) is 0 Å². The Morgan fingerprint density at radius 3 is 2.83 bits per heavy atom. The first-order chi connectivity index (χ1) is 8.49. The number of carbonyl (C=O) groups excluding carboxylic acids is 1. The summed E-state index contributed by atoms with van der Waals surface area (Å²) in [6.07, 6.45) is 1.36. The zero-order valence-electron chi connectivity index (χ0n) is 10.8. The normalized spacial score (nSPS) is 10.9. The van der Waals surface area contributed by atoms with Crippen LogP contribution >= 0.6 is 11.6 Å². The lowest BCUT2D eigenvalue weighted by molar-refractivity contribution is -0.118. The van der Waals surface area contributed by atoms with Gasteiger partial charge < -0.3 is 5.32 Å². The predicted molar refractivity (Wildman–Crippen MR) is 72.5 cm³/mol. The van der Waals surface area contributed by atoms with Crippen molar-refractivity contribution in [3.05, 3.63) is 34.6 Å². The van der Waals surface area contributed by atoms with Gasteiger partial charge in [-0.05, 0) is 36.7 Å². The van der Waals surface area contributed by atoms with Gasteiger partial charge in [-0.25, -0.2) is 4.39 Å². The lowest BCUT2D eigenvalue weighted by atomic mass is 10.1. The second kappa shape index (κ2) is 7.49. The lowest BCUT2D eigenvalue weighted by Crippen LogP contribution is -2.24. The number of hydrogen-bond donors (Lipinski definition) is 1. The Hall–Kier alpha value is -0.930. The van der Waals surface area contributed by atoms with Crippen LogP contribution in [-0.2, 0) is 11.2 Å². The van der Waals surface area contributed by atoms with Gasteiger partial charge >= 0.3 is 0 Å². The largest absolute Gasteiger partial charge is 0.315 e. The zero-order chi connectivity index (χ0) is 13.5. The molecule has 0 saturated carbocycles. The molecule has 100 valence electrons. The molecule has 2 nitrogen and oxygen atoms in total. The van der Waals surface area contributed by atoms with Crippen molar-refractivity contribution in [3.63, 3.8) is 0 Å². The Kier molecular flexibility index (Phi) is 6.30. The van der Waals surface area contributed by atoms with Gasteiger partial charge in [0, 0.05) is 23.9 Å². The third-order valence-electron chi connectivity index (χ3n) is 2.58. The second-order valence-corrected chi connectivity index (χ2v) is 5.10. The average molecular weight is 272 g/mol. The highest BCUT2D eigenvalue weighted by molar-refractivity contribution is 6.30. The van der Waals surface area contributed by atoms with Crippen LogP contribution in [0.1, 0.15) is 32.3 Å². The van der Waals surface area contributed by atoms with Crippen LogP contribution in [0.25, 0.3) is 0 Å². The third-order valence-corrected chi connectivity index (χ3v) is 2.82. The smallest absolute Gasteiger partial charge is 0.137 e. The molecule has 0 aliphatic rings. The molecule has 0 fully saturated rings. The van der Waals surface area contributed by atoms with Gasteiger partial charge in [0.15, 0.2) is 0 Å². The predicted octanol–water partition coefficient (Wildman–Crippen LogP) is 3.37. The van der Waals surface area contributed by atoms with Crippen molar-refractivity contribution in [1.82, 2.24) is 5.32 Å². The maximum atomic E-state index is 13.4. The molecule has 0 aliphatic heterocycles. The van der Waals surface area contributed by atoms with Crippen molar-refractivity contribution < 1.29 is 9.18 Å². The summed E-state index contributed by atoms with van der Waals surface area (Å²) in [7, 11) is 0. The summed E-state index contributed by atoms with van der Waals surface area (Å²) in [6, 6.07) is 4.72. The molecule has 18 heavy (non-hydrogen) atoms. The first-order valence-corrected chi connectivity index (χ1v) is 6.56. The van der Waals surface area contributed by atoms with Gasteiger partial charge in [-0.3, -0.25) is 4.79 Å². The van der Waals surface area contributed by atoms with E-state index in [0.717, 1.165) is 13.0 Å². The number of rotatable bonds is 7. The van der Waals surface area contributed by atoms with Gasteiger partial charge in [-0.1, -0.05) is 25.4 Å². The molecule has 0 bridgehead atoms. The first-order valence-electron chi connectivity index (χ1n) is 6.18. The van der Waals surface area contributed by atoms with Crippen LogP contribution in [0, 0.1) is 5.82 Å². The monoisotopic (exact) mass is 271 g/mol. The molecular formula is C14H19ClFNO. The number of carbonyl (C=O) groups is 1. The minimum absolute atomic E-state index is 0.0433. The topological polar surface area (TPSA) is 29.1 Å². The third kappa shape index (κ3) is 5.61. The van der Waals surface area contributed by atoms with Gasteiger partial charge in [0.2, 0.25) is 0 Å². The van der Waals surface area contributed by atoms with E-state index in [4.69, 9.17) is 11.6 Å². The van der Waals surface area contributed by atoms with E-state index in [2.05, 4.69) is 19.2 Å². The Bertz CT molecular complexity index is 407. The van der Waals surface area contributed by atoms with E-state index in [0.29, 0.717) is 23.0 Å². The summed E-state index contributed by atoms with van der Waals surface area (Å²) in [5, 5.41) is 3.70. The Labute approximate surface area is 113 Å². The maximum absolute atomic E-state index is 13.4. The molecule has 1 rings (SSSR count). The number of ketones is 1. The highest BCUT2D eigenvalue weighted by Gasteiger charge is 2.08. The van der Waals surface area contributed by atoms with E-state index < -0.39 is 0 Å². The molecule has 1 aromatic rings. The van der Waals surface area contributed by atoms with Crippen LogP contribution in [0.2, 0.25) is 5.02 Å². The molecule has 0 aromatic heterocycles. The van der Waals surface area contributed by atoms with Gasteiger partial charge in [-0.2, -0.15) is 0 Å². The van der Waals surface area contributed by atoms with Gasteiger partial charge in [0.25, 0.3) is 0 Å². The number of benzene rings is 1. The lowest BCUT2D eigenvalue weighted by Gasteiger charge is -2.07. The van der Waals surface area contributed by atoms with Gasteiger partial charge in [0.05, 0.1) is 0 Å². The van der Waals surface area contributed by atoms with E-state index in [1.165, 1.54) is 18.2 Å². The fourth-order valence-corrected chi connectivity index (χ4v) is 1.85. The van der Waals surface area contributed by atoms with Crippen LogP contribution in [0.15, 0.2) is 18.2 Å².